The van der Waals surface area contributed by atoms with Crippen LogP contribution in [0.2, 0.25) is 0 Å². The van der Waals surface area contributed by atoms with Crippen LogP contribution in [-0.2, 0) is 22.2 Å². The Morgan fingerprint density at radius 2 is 1.83 bits per heavy atom. The van der Waals surface area contributed by atoms with Crippen LogP contribution in [0.5, 0.6) is 5.75 Å². The van der Waals surface area contributed by atoms with E-state index in [4.69, 9.17) is 9.84 Å². The maximum absolute atomic E-state index is 13.5. The molecule has 2 aromatic carbocycles. The van der Waals surface area contributed by atoms with E-state index in [1.165, 1.54) is 19.1 Å². The summed E-state index contributed by atoms with van der Waals surface area (Å²) in [4.78, 5) is 21.9. The number of rotatable bonds is 7. The Morgan fingerprint density at radius 3 is 2.38 bits per heavy atom. The highest BCUT2D eigenvalue weighted by Crippen LogP contribution is 2.36. The van der Waals surface area contributed by atoms with Crippen molar-refractivity contribution in [3.05, 3.63) is 58.7 Å². The second-order valence-corrected chi connectivity index (χ2v) is 6.93. The first-order valence-electron chi connectivity index (χ1n) is 8.92. The quantitative estimate of drug-likeness (QED) is 0.686. The molecule has 0 saturated carbocycles. The van der Waals surface area contributed by atoms with Crippen molar-refractivity contribution >= 4 is 17.6 Å². The van der Waals surface area contributed by atoms with Crippen molar-refractivity contribution in [2.75, 3.05) is 11.9 Å². The smallest absolute Gasteiger partial charge is 0.416 e. The third-order valence-corrected chi connectivity index (χ3v) is 4.19. The topological polar surface area (TPSA) is 75.6 Å². The van der Waals surface area contributed by atoms with E-state index < -0.39 is 24.3 Å². The summed E-state index contributed by atoms with van der Waals surface area (Å²) in [6.07, 6.45) is -4.59. The van der Waals surface area contributed by atoms with Gasteiger partial charge in [-0.15, -0.1) is 0 Å². The number of amides is 1. The lowest BCUT2D eigenvalue weighted by Gasteiger charge is -2.17. The molecule has 0 spiro atoms. The van der Waals surface area contributed by atoms with Crippen LogP contribution in [0.4, 0.5) is 18.9 Å². The van der Waals surface area contributed by atoms with Crippen molar-refractivity contribution in [1.29, 1.82) is 0 Å². The number of halogens is 3. The molecule has 1 amide bonds. The van der Waals surface area contributed by atoms with Crippen molar-refractivity contribution in [2.24, 2.45) is 0 Å². The number of hydrogen-bond acceptors (Lipinski definition) is 3. The molecule has 0 radical (unpaired) electrons. The third-order valence-electron chi connectivity index (χ3n) is 4.19. The van der Waals surface area contributed by atoms with E-state index in [0.29, 0.717) is 11.3 Å². The molecule has 29 heavy (non-hydrogen) atoms. The fourth-order valence-electron chi connectivity index (χ4n) is 2.93. The number of alkyl halides is 3. The summed E-state index contributed by atoms with van der Waals surface area (Å²) in [7, 11) is 0. The van der Waals surface area contributed by atoms with Gasteiger partial charge >= 0.3 is 12.1 Å². The van der Waals surface area contributed by atoms with Crippen LogP contribution in [0.15, 0.2) is 36.4 Å². The van der Waals surface area contributed by atoms with E-state index >= 15 is 0 Å². The number of anilines is 1. The number of carbonyl (C=O) groups excluding carboxylic acids is 1. The van der Waals surface area contributed by atoms with Gasteiger partial charge in [0.25, 0.3) is 0 Å². The average molecular weight is 409 g/mol. The monoisotopic (exact) mass is 409 g/mol. The molecule has 0 saturated heterocycles. The number of benzene rings is 2. The van der Waals surface area contributed by atoms with Crippen LogP contribution in [0.1, 0.15) is 48.9 Å². The molecule has 0 bridgehead atoms. The van der Waals surface area contributed by atoms with Gasteiger partial charge in [-0.3, -0.25) is 4.79 Å². The SMILES string of the molecule is CC(=O)Nc1ccc(Cc2ccc(OCC(=O)O)cc2C(F)(F)F)cc1C(C)C. The van der Waals surface area contributed by atoms with Crippen LogP contribution in [-0.4, -0.2) is 23.6 Å². The summed E-state index contributed by atoms with van der Waals surface area (Å²) in [6.45, 7) is 4.53. The third kappa shape index (κ3) is 6.23. The second-order valence-electron chi connectivity index (χ2n) is 6.93. The molecule has 2 N–H and O–H groups in total. The highest BCUT2D eigenvalue weighted by molar-refractivity contribution is 5.89. The molecule has 0 aliphatic carbocycles. The lowest BCUT2D eigenvalue weighted by atomic mass is 9.94. The molecule has 0 atom stereocenters. The van der Waals surface area contributed by atoms with Crippen LogP contribution in [0.3, 0.4) is 0 Å². The number of carbonyl (C=O) groups is 2. The fraction of sp³-hybridized carbons (Fsp3) is 0.333. The highest BCUT2D eigenvalue weighted by Gasteiger charge is 2.34. The van der Waals surface area contributed by atoms with Gasteiger partial charge in [-0.1, -0.05) is 32.0 Å². The molecule has 0 aliphatic heterocycles. The fourth-order valence-corrected chi connectivity index (χ4v) is 2.93. The zero-order valence-corrected chi connectivity index (χ0v) is 16.3. The summed E-state index contributed by atoms with van der Waals surface area (Å²) in [5.74, 6) is -1.60. The number of carboxylic acids is 1. The molecule has 2 aromatic rings. The molecule has 0 heterocycles. The lowest BCUT2D eigenvalue weighted by Crippen LogP contribution is -2.13. The largest absolute Gasteiger partial charge is 0.482 e. The van der Waals surface area contributed by atoms with Gasteiger partial charge in [0.1, 0.15) is 5.75 Å². The van der Waals surface area contributed by atoms with Gasteiger partial charge in [-0.2, -0.15) is 13.2 Å². The van der Waals surface area contributed by atoms with Crippen molar-refractivity contribution in [1.82, 2.24) is 0 Å². The minimum absolute atomic E-state index is 0.0219. The second kappa shape index (κ2) is 8.98. The van der Waals surface area contributed by atoms with Gasteiger partial charge in [0.15, 0.2) is 6.61 Å². The van der Waals surface area contributed by atoms with Gasteiger partial charge in [0.05, 0.1) is 5.56 Å². The molecule has 156 valence electrons. The minimum Gasteiger partial charge on any atom is -0.482 e. The maximum Gasteiger partial charge on any atom is 0.416 e. The van der Waals surface area contributed by atoms with Gasteiger partial charge in [-0.25, -0.2) is 4.79 Å². The molecular formula is C21H22F3NO4. The normalized spacial score (nSPS) is 11.4. The van der Waals surface area contributed by atoms with E-state index in [1.807, 2.05) is 13.8 Å². The Hall–Kier alpha value is -3.03. The molecule has 2 rings (SSSR count). The standard InChI is InChI=1S/C21H22F3NO4/c1-12(2)17-9-14(4-7-19(17)25-13(3)26)8-15-5-6-16(29-11-20(27)28)10-18(15)21(22,23)24/h4-7,9-10,12H,8,11H2,1-3H3,(H,25,26)(H,27,28). The Bertz CT molecular complexity index is 907. The van der Waals surface area contributed by atoms with Crippen LogP contribution in [0.25, 0.3) is 0 Å². The van der Waals surface area contributed by atoms with E-state index in [-0.39, 0.29) is 29.6 Å². The molecule has 5 nitrogen and oxygen atoms in total. The number of hydrogen-bond donors (Lipinski definition) is 2. The van der Waals surface area contributed by atoms with E-state index in [0.717, 1.165) is 11.6 Å². The van der Waals surface area contributed by atoms with Crippen LogP contribution in [0, 0.1) is 0 Å². The first kappa shape index (κ1) is 22.3. The van der Waals surface area contributed by atoms with Crippen molar-refractivity contribution in [3.8, 4) is 5.75 Å². The number of ether oxygens (including phenoxy) is 1. The van der Waals surface area contributed by atoms with Crippen LogP contribution >= 0.6 is 0 Å². The zero-order chi connectivity index (χ0) is 21.8. The summed E-state index contributed by atoms with van der Waals surface area (Å²) in [5.41, 5.74) is 1.28. The van der Waals surface area contributed by atoms with Crippen molar-refractivity contribution in [2.45, 2.75) is 39.3 Å². The predicted molar refractivity (Wildman–Crippen MR) is 102 cm³/mol. The number of nitrogens with one attached hydrogen (secondary N) is 1. The van der Waals surface area contributed by atoms with Gasteiger partial charge in [0.2, 0.25) is 5.91 Å². The van der Waals surface area contributed by atoms with Gasteiger partial charge in [-0.05, 0) is 47.2 Å². The minimum atomic E-state index is -4.62. The van der Waals surface area contributed by atoms with Crippen LogP contribution < -0.4 is 10.1 Å². The highest BCUT2D eigenvalue weighted by atomic mass is 19.4. The summed E-state index contributed by atoms with van der Waals surface area (Å²) >= 11 is 0. The molecule has 0 aliphatic rings. The molecule has 0 fully saturated rings. The van der Waals surface area contributed by atoms with Gasteiger partial charge in [0, 0.05) is 12.6 Å². The first-order chi connectivity index (χ1) is 13.5. The zero-order valence-electron chi connectivity index (χ0n) is 16.3. The van der Waals surface area contributed by atoms with E-state index in [1.54, 1.807) is 18.2 Å². The Labute approximate surface area is 166 Å². The van der Waals surface area contributed by atoms with Crippen molar-refractivity contribution < 1.29 is 32.6 Å². The molecule has 0 unspecified atom stereocenters. The lowest BCUT2D eigenvalue weighted by molar-refractivity contribution is -0.139. The predicted octanol–water partition coefficient (Wildman–Crippen LogP) is 4.84. The Kier molecular flexibility index (Phi) is 6.89. The number of aliphatic carboxylic acids is 1. The van der Waals surface area contributed by atoms with Gasteiger partial charge < -0.3 is 15.2 Å². The summed E-state index contributed by atoms with van der Waals surface area (Å²) in [5, 5.41) is 11.4. The first-order valence-corrected chi connectivity index (χ1v) is 8.92. The summed E-state index contributed by atoms with van der Waals surface area (Å²) in [6, 6.07) is 8.56. The maximum atomic E-state index is 13.5. The Morgan fingerprint density at radius 1 is 1.14 bits per heavy atom. The average Bonchev–Trinajstić information content (AvgIpc) is 2.60. The van der Waals surface area contributed by atoms with E-state index in [9.17, 15) is 22.8 Å². The summed E-state index contributed by atoms with van der Waals surface area (Å²) < 4.78 is 45.4. The molecule has 8 heteroatoms. The molecule has 0 aromatic heterocycles. The number of carboxylic acid groups (broad SMARTS) is 1. The Balaban J connectivity index is 2.38. The molecular weight excluding hydrogens is 387 g/mol. The van der Waals surface area contributed by atoms with E-state index in [2.05, 4.69) is 5.32 Å². The van der Waals surface area contributed by atoms with Crippen molar-refractivity contribution in [3.63, 3.8) is 0 Å².